The number of aryl methyl sites for hydroxylation is 11. The van der Waals surface area contributed by atoms with Crippen molar-refractivity contribution in [1.82, 2.24) is 0 Å². The summed E-state index contributed by atoms with van der Waals surface area (Å²) in [5.41, 5.74) is 24.8. The van der Waals surface area contributed by atoms with Gasteiger partial charge in [-0.3, -0.25) is 0 Å². The summed E-state index contributed by atoms with van der Waals surface area (Å²) in [6.07, 6.45) is 7.12. The summed E-state index contributed by atoms with van der Waals surface area (Å²) in [5, 5.41) is 0. The second-order valence-electron chi connectivity index (χ2n) is 22.1. The highest BCUT2D eigenvalue weighted by Crippen LogP contribution is 2.33. The van der Waals surface area contributed by atoms with E-state index in [1.54, 1.807) is 5.56 Å². The second-order valence-corrected chi connectivity index (χ2v) is 22.1. The third-order valence-electron chi connectivity index (χ3n) is 14.0. The second kappa shape index (κ2) is 32.4. The minimum absolute atomic E-state index is 0.285. The Morgan fingerprint density at radius 2 is 0.658 bits per heavy atom. The molecule has 0 saturated heterocycles. The van der Waals surface area contributed by atoms with E-state index in [4.69, 9.17) is 0 Å². The minimum atomic E-state index is 0.285. The highest BCUT2D eigenvalue weighted by molar-refractivity contribution is 5.64. The van der Waals surface area contributed by atoms with Crippen LogP contribution >= 0.6 is 0 Å². The molecule has 0 unspecified atom stereocenters. The van der Waals surface area contributed by atoms with E-state index in [0.717, 1.165) is 5.92 Å². The molecule has 1 fully saturated rings. The Morgan fingerprint density at radius 3 is 1.11 bits per heavy atom. The van der Waals surface area contributed by atoms with E-state index in [2.05, 4.69) is 292 Å². The summed E-state index contributed by atoms with van der Waals surface area (Å²) in [6, 6.07) is 77.0. The molecule has 0 N–H and O–H groups in total. The van der Waals surface area contributed by atoms with Gasteiger partial charge in [0.15, 0.2) is 0 Å². The molecule has 0 radical (unpaired) electrons. The lowest BCUT2D eigenvalue weighted by Gasteiger charge is -2.22. The highest BCUT2D eigenvalue weighted by Gasteiger charge is 2.15. The Bertz CT molecular complexity index is 2970. The van der Waals surface area contributed by atoms with Crippen LogP contribution < -0.4 is 0 Å². The molecule has 0 heterocycles. The number of rotatable bonds is 3. The van der Waals surface area contributed by atoms with E-state index in [9.17, 15) is 0 Å². The molecule has 10 rings (SSSR count). The predicted molar refractivity (Wildman–Crippen MR) is 337 cm³/mol. The lowest BCUT2D eigenvalue weighted by Crippen LogP contribution is -2.10. The third kappa shape index (κ3) is 23.3. The first-order valence-corrected chi connectivity index (χ1v) is 27.8. The molecule has 1 saturated carbocycles. The first kappa shape index (κ1) is 61.5. The summed E-state index contributed by atoms with van der Waals surface area (Å²) < 4.78 is 0. The van der Waals surface area contributed by atoms with Crippen LogP contribution in [0.2, 0.25) is 0 Å². The normalized spacial score (nSPS) is 11.6. The fraction of sp³-hybridized carbons (Fsp3) is 0.289. The Morgan fingerprint density at radius 1 is 0.276 bits per heavy atom. The van der Waals surface area contributed by atoms with Crippen molar-refractivity contribution in [3.8, 4) is 22.3 Å². The van der Waals surface area contributed by atoms with Gasteiger partial charge in [0.2, 0.25) is 0 Å². The van der Waals surface area contributed by atoms with Crippen molar-refractivity contribution >= 4 is 0 Å². The predicted octanol–water partition coefficient (Wildman–Crippen LogP) is 22.2. The van der Waals surface area contributed by atoms with Gasteiger partial charge < -0.3 is 0 Å². The average Bonchev–Trinajstić information content (AvgIpc) is 3.41. The molecule has 9 aromatic carbocycles. The molecule has 0 aromatic heterocycles. The highest BCUT2D eigenvalue weighted by atomic mass is 14.2. The summed E-state index contributed by atoms with van der Waals surface area (Å²) in [6.45, 7) is 32.3. The SMILES string of the molecule is Cc1cc(C)c(C)c(C)c1.Cc1ccc(-c2ccccc2)cc1.Cc1ccc(C(C)(C)C)cc1.Cc1ccc(C)c(C)c1.Cc1cccc(-c2ccccc2)c1.Cc1cccc(C2CCCCC2)c1.Cc1ccccc1. The number of benzene rings is 9. The van der Waals surface area contributed by atoms with Crippen molar-refractivity contribution in [2.24, 2.45) is 0 Å². The molecule has 1 aliphatic carbocycles. The fourth-order valence-electron chi connectivity index (χ4n) is 8.92. The van der Waals surface area contributed by atoms with Crippen molar-refractivity contribution in [3.63, 3.8) is 0 Å². The van der Waals surface area contributed by atoms with Crippen molar-refractivity contribution in [2.75, 3.05) is 0 Å². The molecule has 0 heteroatoms. The van der Waals surface area contributed by atoms with Gasteiger partial charge in [-0.25, -0.2) is 0 Å². The molecular weight excluding hydrogens is 913 g/mol. The zero-order chi connectivity index (χ0) is 55.5. The molecule has 0 nitrogen and oxygen atoms in total. The maximum absolute atomic E-state index is 2.36. The van der Waals surface area contributed by atoms with Gasteiger partial charge in [0.25, 0.3) is 0 Å². The smallest absolute Gasteiger partial charge is 0.0132 e. The number of hydrogen-bond donors (Lipinski definition) is 0. The van der Waals surface area contributed by atoms with E-state index >= 15 is 0 Å². The molecular formula is C76H92. The molecule has 0 spiro atoms. The summed E-state index contributed by atoms with van der Waals surface area (Å²) in [7, 11) is 0. The van der Waals surface area contributed by atoms with Crippen molar-refractivity contribution in [1.29, 1.82) is 0 Å². The van der Waals surface area contributed by atoms with Gasteiger partial charge in [-0.15, -0.1) is 0 Å². The van der Waals surface area contributed by atoms with Crippen LogP contribution in [0.5, 0.6) is 0 Å². The van der Waals surface area contributed by atoms with Gasteiger partial charge >= 0.3 is 0 Å². The molecule has 0 amide bonds. The van der Waals surface area contributed by atoms with E-state index in [0.29, 0.717) is 0 Å². The van der Waals surface area contributed by atoms with Crippen LogP contribution in [0.15, 0.2) is 218 Å². The molecule has 0 aliphatic heterocycles. The van der Waals surface area contributed by atoms with Gasteiger partial charge in [0.1, 0.15) is 0 Å². The topological polar surface area (TPSA) is 0 Å². The van der Waals surface area contributed by atoms with Crippen molar-refractivity contribution < 1.29 is 0 Å². The first-order chi connectivity index (χ1) is 36.3. The van der Waals surface area contributed by atoms with Gasteiger partial charge in [-0.2, -0.15) is 0 Å². The lowest BCUT2D eigenvalue weighted by molar-refractivity contribution is 0.443. The van der Waals surface area contributed by atoms with E-state index in [1.165, 1.54) is 127 Å². The largest absolute Gasteiger partial charge is 0.0622 e. The summed E-state index contributed by atoms with van der Waals surface area (Å²) in [5.74, 6) is 0.855. The lowest BCUT2D eigenvalue weighted by atomic mass is 9.84. The van der Waals surface area contributed by atoms with Crippen LogP contribution in [-0.2, 0) is 5.41 Å². The third-order valence-corrected chi connectivity index (χ3v) is 14.0. The van der Waals surface area contributed by atoms with Crippen molar-refractivity contribution in [2.45, 2.75) is 147 Å². The van der Waals surface area contributed by atoms with E-state index < -0.39 is 0 Å². The quantitative estimate of drug-likeness (QED) is 0.165. The van der Waals surface area contributed by atoms with E-state index in [-0.39, 0.29) is 5.41 Å². The molecule has 0 bridgehead atoms. The Labute approximate surface area is 463 Å². The van der Waals surface area contributed by atoms with Crippen LogP contribution in [0, 0.1) is 83.1 Å². The van der Waals surface area contributed by atoms with E-state index in [1.807, 2.05) is 30.3 Å². The van der Waals surface area contributed by atoms with Crippen LogP contribution in [0.4, 0.5) is 0 Å². The summed E-state index contributed by atoms with van der Waals surface area (Å²) >= 11 is 0. The Kier molecular flexibility index (Phi) is 26.3. The fourth-order valence-corrected chi connectivity index (χ4v) is 8.92. The minimum Gasteiger partial charge on any atom is -0.0622 e. The zero-order valence-electron chi connectivity index (χ0n) is 49.4. The number of hydrogen-bond acceptors (Lipinski definition) is 0. The van der Waals surface area contributed by atoms with Crippen LogP contribution in [-0.4, -0.2) is 0 Å². The monoisotopic (exact) mass is 1000 g/mol. The molecule has 1 aliphatic rings. The van der Waals surface area contributed by atoms with Crippen LogP contribution in [0.3, 0.4) is 0 Å². The van der Waals surface area contributed by atoms with Gasteiger partial charge in [-0.05, 0) is 168 Å². The van der Waals surface area contributed by atoms with Gasteiger partial charge in [0.05, 0.1) is 0 Å². The Hall–Kier alpha value is -7.02. The van der Waals surface area contributed by atoms with Gasteiger partial charge in [-0.1, -0.05) is 297 Å². The maximum Gasteiger partial charge on any atom is -0.0132 e. The standard InChI is InChI=1S/C13H18.2C13H12.C11H16.C10H14.C9H12.C7H8/c2*1-11-6-5-9-13(10-11)12-7-3-2-4-8-12;1-11-7-9-13(10-8-11)12-5-3-2-4-6-12;1-9-5-7-10(8-6-9)11(2,3)4;1-7-5-8(2)10(4)9(3)6-7;1-7-4-5-8(2)9(3)6-7;1-7-5-3-2-4-6-7/h5-6,9-10,12H,2-4,7-8H2,1H3;2*2-10H,1H3;5-8H,1-4H3;5-6H,1-4H3;4-6H,1-3H3;2-6H,1H3. The zero-order valence-corrected chi connectivity index (χ0v) is 49.4. The Balaban J connectivity index is 0.000000193. The van der Waals surface area contributed by atoms with Crippen molar-refractivity contribution in [3.05, 3.63) is 296 Å². The summed E-state index contributed by atoms with van der Waals surface area (Å²) in [4.78, 5) is 0. The average molecular weight is 1010 g/mol. The molecule has 0 atom stereocenters. The molecule has 396 valence electrons. The first-order valence-electron chi connectivity index (χ1n) is 27.8. The van der Waals surface area contributed by atoms with Crippen LogP contribution in [0.25, 0.3) is 22.3 Å². The molecule has 9 aromatic rings. The maximum atomic E-state index is 2.36. The van der Waals surface area contributed by atoms with Crippen LogP contribution in [0.1, 0.15) is 137 Å². The molecule has 76 heavy (non-hydrogen) atoms. The van der Waals surface area contributed by atoms with Gasteiger partial charge in [0, 0.05) is 0 Å².